The first-order valence-electron chi connectivity index (χ1n) is 12.3. The highest BCUT2D eigenvalue weighted by Gasteiger charge is 2.35. The van der Waals surface area contributed by atoms with Gasteiger partial charge in [0, 0.05) is 6.04 Å². The van der Waals surface area contributed by atoms with Gasteiger partial charge in [0.1, 0.15) is 11.3 Å². The molecule has 0 amide bonds. The Bertz CT molecular complexity index is 1090. The molecule has 2 heterocycles. The third-order valence-corrected chi connectivity index (χ3v) is 8.06. The lowest BCUT2D eigenvalue weighted by atomic mass is 9.68. The molecule has 7 heteroatoms. The third-order valence-electron chi connectivity index (χ3n) is 7.08. The van der Waals surface area contributed by atoms with Crippen molar-refractivity contribution in [1.82, 2.24) is 0 Å². The van der Waals surface area contributed by atoms with Gasteiger partial charge in [0.25, 0.3) is 0 Å². The Balaban J connectivity index is 1.44. The molecule has 5 rings (SSSR count). The molecule has 2 aromatic rings. The lowest BCUT2D eigenvalue weighted by Gasteiger charge is -2.36. The van der Waals surface area contributed by atoms with Crippen molar-refractivity contribution in [2.75, 3.05) is 12.2 Å². The molecule has 2 fully saturated rings. The Morgan fingerprint density at radius 3 is 2.62 bits per heavy atom. The number of hydrogen-bond donors (Lipinski definition) is 1. The predicted octanol–water partition coefficient (Wildman–Crippen LogP) is 5.39. The van der Waals surface area contributed by atoms with E-state index in [1.54, 1.807) is 29.8 Å². The summed E-state index contributed by atoms with van der Waals surface area (Å²) in [7, 11) is 1.70. The molecule has 1 aliphatic heterocycles. The van der Waals surface area contributed by atoms with E-state index >= 15 is 0 Å². The van der Waals surface area contributed by atoms with E-state index in [4.69, 9.17) is 20.0 Å². The minimum atomic E-state index is -0.250. The van der Waals surface area contributed by atoms with Gasteiger partial charge in [0.15, 0.2) is 17.7 Å². The van der Waals surface area contributed by atoms with Crippen molar-refractivity contribution in [3.8, 4) is 23.3 Å². The van der Waals surface area contributed by atoms with Crippen LogP contribution in [-0.2, 0) is 10.3 Å². The van der Waals surface area contributed by atoms with Crippen LogP contribution in [0, 0.1) is 11.8 Å². The predicted molar refractivity (Wildman–Crippen MR) is 137 cm³/mol. The van der Waals surface area contributed by atoms with Crippen LogP contribution in [0.15, 0.2) is 35.3 Å². The number of ether oxygens (including phenoxy) is 2. The normalized spacial score (nSPS) is 27.0. The number of thiophene rings is 1. The molecule has 3 aliphatic rings. The first-order valence-corrected chi connectivity index (χ1v) is 13.1. The first-order chi connectivity index (χ1) is 16.5. The van der Waals surface area contributed by atoms with Crippen LogP contribution in [-0.4, -0.2) is 31.8 Å². The second-order valence-electron chi connectivity index (χ2n) is 9.49. The highest BCUT2D eigenvalue weighted by atomic mass is 32.1. The maximum absolute atomic E-state index is 6.40. The number of methoxy groups -OCH3 is 1. The zero-order valence-corrected chi connectivity index (χ0v) is 20.8. The van der Waals surface area contributed by atoms with Crippen molar-refractivity contribution in [1.29, 1.82) is 0 Å². The second kappa shape index (κ2) is 9.99. The number of benzene rings is 1. The standard InChI is InChI=1S/C27H33N3O3S/c1-19-29-18-30(33-19)26-10-8-23(34-26)13-16-27(14-11-21(28)12-15-27)20-7-9-24(31-2)25(17-20)32-22-5-3-4-6-22/h7-10,17-19,21-22H,3-6,11-12,14-15,28H2,1-2H3/t19?,21-,27-. The summed E-state index contributed by atoms with van der Waals surface area (Å²) in [6.45, 7) is 1.92. The molecule has 0 radical (unpaired) electrons. The van der Waals surface area contributed by atoms with Gasteiger partial charge in [-0.1, -0.05) is 17.9 Å². The SMILES string of the molecule is COc1ccc([C@]2(C#Cc3ccc(N4C=NC(C)O4)s3)CC[C@@H](N)CC2)cc1OC1CCCC1. The number of aliphatic imine (C=N–C) groups is 1. The highest BCUT2D eigenvalue weighted by molar-refractivity contribution is 7.16. The Labute approximate surface area is 206 Å². The van der Waals surface area contributed by atoms with Gasteiger partial charge in [-0.2, -0.15) is 5.06 Å². The molecule has 0 bridgehead atoms. The van der Waals surface area contributed by atoms with Crippen LogP contribution in [0.5, 0.6) is 11.5 Å². The largest absolute Gasteiger partial charge is 0.493 e. The van der Waals surface area contributed by atoms with E-state index in [0.717, 1.165) is 59.9 Å². The topological polar surface area (TPSA) is 69.3 Å². The monoisotopic (exact) mass is 479 g/mol. The first kappa shape index (κ1) is 23.2. The van der Waals surface area contributed by atoms with E-state index < -0.39 is 0 Å². The summed E-state index contributed by atoms with van der Waals surface area (Å²) in [5.74, 6) is 8.77. The van der Waals surface area contributed by atoms with E-state index in [9.17, 15) is 0 Å². The zero-order valence-electron chi connectivity index (χ0n) is 20.0. The average molecular weight is 480 g/mol. The van der Waals surface area contributed by atoms with Crippen molar-refractivity contribution in [2.45, 2.75) is 82.1 Å². The molecule has 2 saturated carbocycles. The average Bonchev–Trinajstić information content (AvgIpc) is 3.61. The molecule has 1 atom stereocenters. The summed E-state index contributed by atoms with van der Waals surface area (Å²) < 4.78 is 12.0. The van der Waals surface area contributed by atoms with Gasteiger partial charge in [-0.05, 0) is 88.1 Å². The van der Waals surface area contributed by atoms with Gasteiger partial charge in [0.05, 0.1) is 23.5 Å². The Morgan fingerprint density at radius 1 is 1.12 bits per heavy atom. The van der Waals surface area contributed by atoms with Gasteiger partial charge in [-0.15, -0.1) is 11.3 Å². The minimum absolute atomic E-state index is 0.151. The van der Waals surface area contributed by atoms with Crippen LogP contribution in [0.1, 0.15) is 68.7 Å². The fourth-order valence-electron chi connectivity index (χ4n) is 5.05. The highest BCUT2D eigenvalue weighted by Crippen LogP contribution is 2.43. The maximum atomic E-state index is 6.40. The molecule has 2 aliphatic carbocycles. The molecule has 34 heavy (non-hydrogen) atoms. The molecule has 6 nitrogen and oxygen atoms in total. The van der Waals surface area contributed by atoms with E-state index in [0.29, 0.717) is 0 Å². The maximum Gasteiger partial charge on any atom is 0.174 e. The molecule has 1 aromatic carbocycles. The van der Waals surface area contributed by atoms with E-state index in [1.807, 2.05) is 19.1 Å². The van der Waals surface area contributed by atoms with Gasteiger partial charge >= 0.3 is 0 Å². The zero-order chi connectivity index (χ0) is 23.5. The van der Waals surface area contributed by atoms with Crippen molar-refractivity contribution >= 4 is 22.7 Å². The van der Waals surface area contributed by atoms with Crippen LogP contribution < -0.4 is 20.3 Å². The van der Waals surface area contributed by atoms with Crippen LogP contribution in [0.3, 0.4) is 0 Å². The number of anilines is 1. The fourth-order valence-corrected chi connectivity index (χ4v) is 5.83. The minimum Gasteiger partial charge on any atom is -0.493 e. The summed E-state index contributed by atoms with van der Waals surface area (Å²) in [4.78, 5) is 10.9. The van der Waals surface area contributed by atoms with Gasteiger partial charge in [-0.25, -0.2) is 9.83 Å². The summed E-state index contributed by atoms with van der Waals surface area (Å²) in [5, 5.41) is 2.69. The lowest BCUT2D eigenvalue weighted by molar-refractivity contribution is 0.102. The molecular formula is C27H33N3O3S. The van der Waals surface area contributed by atoms with Gasteiger partial charge < -0.3 is 15.2 Å². The van der Waals surface area contributed by atoms with Crippen LogP contribution in [0.25, 0.3) is 0 Å². The summed E-state index contributed by atoms with van der Waals surface area (Å²) >= 11 is 1.61. The number of nitrogens with zero attached hydrogens (tertiary/aromatic N) is 2. The number of nitrogens with two attached hydrogens (primary N) is 1. The summed E-state index contributed by atoms with van der Waals surface area (Å²) in [5.41, 5.74) is 7.23. The number of hydroxylamine groups is 1. The molecular weight excluding hydrogens is 446 g/mol. The van der Waals surface area contributed by atoms with Crippen molar-refractivity contribution in [2.24, 2.45) is 10.7 Å². The van der Waals surface area contributed by atoms with E-state index in [2.05, 4.69) is 35.0 Å². The smallest absolute Gasteiger partial charge is 0.174 e. The van der Waals surface area contributed by atoms with Crippen LogP contribution in [0.4, 0.5) is 5.00 Å². The molecule has 1 aromatic heterocycles. The quantitative estimate of drug-likeness (QED) is 0.582. The molecule has 0 saturated heterocycles. The van der Waals surface area contributed by atoms with Crippen LogP contribution >= 0.6 is 11.3 Å². The lowest BCUT2D eigenvalue weighted by Crippen LogP contribution is -2.36. The van der Waals surface area contributed by atoms with Crippen molar-refractivity contribution < 1.29 is 14.3 Å². The second-order valence-corrected chi connectivity index (χ2v) is 10.6. The van der Waals surface area contributed by atoms with Crippen LogP contribution in [0.2, 0.25) is 0 Å². The Hall–Kier alpha value is -2.53. The van der Waals surface area contributed by atoms with Gasteiger partial charge in [-0.3, -0.25) is 0 Å². The fraction of sp³-hybridized carbons (Fsp3) is 0.519. The van der Waals surface area contributed by atoms with Gasteiger partial charge in [0.2, 0.25) is 0 Å². The summed E-state index contributed by atoms with van der Waals surface area (Å²) in [6.07, 6.45) is 10.3. The summed E-state index contributed by atoms with van der Waals surface area (Å²) in [6, 6.07) is 10.7. The van der Waals surface area contributed by atoms with Crippen molar-refractivity contribution in [3.05, 3.63) is 40.8 Å². The molecule has 2 N–H and O–H groups in total. The van der Waals surface area contributed by atoms with E-state index in [-0.39, 0.29) is 23.8 Å². The number of rotatable bonds is 5. The molecule has 0 spiro atoms. The third kappa shape index (κ3) is 4.95. The Morgan fingerprint density at radius 2 is 1.91 bits per heavy atom. The van der Waals surface area contributed by atoms with Crippen molar-refractivity contribution in [3.63, 3.8) is 0 Å². The number of hydrogen-bond acceptors (Lipinski definition) is 7. The van der Waals surface area contributed by atoms with E-state index in [1.165, 1.54) is 18.4 Å². The Kier molecular flexibility index (Phi) is 6.82. The molecule has 1 unspecified atom stereocenters. The molecule has 180 valence electrons.